The summed E-state index contributed by atoms with van der Waals surface area (Å²) < 4.78 is 0. The topological polar surface area (TPSA) is 306 Å². The minimum absolute atomic E-state index is 0.109. The highest BCUT2D eigenvalue weighted by atomic mass is 16.7. The molecule has 0 radical (unpaired) electrons. The minimum Gasteiger partial charge on any atom is -0.481 e. The molecular weight excluding hydrogens is 696 g/mol. The molecule has 53 heavy (non-hydrogen) atoms. The monoisotopic (exact) mass is 752 g/mol. The van der Waals surface area contributed by atoms with Gasteiger partial charge in [-0.3, -0.25) is 48.2 Å². The summed E-state index contributed by atoms with van der Waals surface area (Å²) in [5.41, 5.74) is 12.8. The number of benzene rings is 1. The second kappa shape index (κ2) is 28.9. The predicted molar refractivity (Wildman–Crippen MR) is 195 cm³/mol. The van der Waals surface area contributed by atoms with Crippen LogP contribution >= 0.6 is 0 Å². The Balaban J connectivity index is 0. The van der Waals surface area contributed by atoms with Gasteiger partial charge in [0, 0.05) is 26.9 Å². The first-order valence-corrected chi connectivity index (χ1v) is 16.8. The lowest BCUT2D eigenvalue weighted by Gasteiger charge is -2.33. The van der Waals surface area contributed by atoms with Crippen molar-refractivity contribution < 1.29 is 48.3 Å². The number of amides is 7. The average Bonchev–Trinajstić information content (AvgIpc) is 3.10. The lowest BCUT2D eigenvalue weighted by atomic mass is 9.99. The zero-order valence-corrected chi connectivity index (χ0v) is 31.4. The van der Waals surface area contributed by atoms with Crippen LogP contribution in [0.1, 0.15) is 53.5 Å². The van der Waals surface area contributed by atoms with Crippen molar-refractivity contribution in [2.45, 2.75) is 66.5 Å². The van der Waals surface area contributed by atoms with Gasteiger partial charge >= 0.3 is 0 Å². The van der Waals surface area contributed by atoms with Crippen molar-refractivity contribution in [2.75, 3.05) is 46.4 Å². The smallest absolute Gasteiger partial charge is 0.300 e. The van der Waals surface area contributed by atoms with Gasteiger partial charge in [-0.05, 0) is 17.9 Å². The number of nitrogens with two attached hydrogens (primary N) is 2. The quantitative estimate of drug-likeness (QED) is 0.112. The van der Waals surface area contributed by atoms with E-state index in [1.165, 1.54) is 11.9 Å². The van der Waals surface area contributed by atoms with Crippen LogP contribution in [0, 0.1) is 5.92 Å². The van der Waals surface area contributed by atoms with E-state index in [9.17, 15) is 33.6 Å². The molecule has 0 spiro atoms. The number of carbonyl (C=O) groups is 8. The molecule has 1 saturated heterocycles. The summed E-state index contributed by atoms with van der Waals surface area (Å²) in [6.07, 6.45) is 1.11. The van der Waals surface area contributed by atoms with Gasteiger partial charge in [0.05, 0.1) is 26.2 Å². The molecule has 1 aromatic rings. The van der Waals surface area contributed by atoms with Crippen molar-refractivity contribution in [3.05, 3.63) is 35.9 Å². The van der Waals surface area contributed by atoms with Gasteiger partial charge in [0.15, 0.2) is 12.6 Å². The van der Waals surface area contributed by atoms with Gasteiger partial charge in [0.25, 0.3) is 11.9 Å². The van der Waals surface area contributed by atoms with E-state index in [-0.39, 0.29) is 18.3 Å². The van der Waals surface area contributed by atoms with Crippen LogP contribution in [-0.4, -0.2) is 122 Å². The van der Waals surface area contributed by atoms with Crippen LogP contribution in [-0.2, 0) is 49.6 Å². The molecule has 1 aliphatic rings. The number of nitrogens with zero attached hydrogens (tertiary/aromatic N) is 2. The van der Waals surface area contributed by atoms with Gasteiger partial charge < -0.3 is 48.1 Å². The number of hydrogen-bond acceptors (Lipinski definition) is 10. The summed E-state index contributed by atoms with van der Waals surface area (Å²) >= 11 is 0. The zero-order chi connectivity index (χ0) is 40.9. The Morgan fingerprint density at radius 2 is 1.36 bits per heavy atom. The Kier molecular flexibility index (Phi) is 26.9. The van der Waals surface area contributed by atoms with Crippen molar-refractivity contribution in [1.82, 2.24) is 37.0 Å². The highest BCUT2D eigenvalue weighted by Crippen LogP contribution is 2.13. The van der Waals surface area contributed by atoms with Gasteiger partial charge in [-0.2, -0.15) is 0 Å². The maximum Gasteiger partial charge on any atom is 0.300 e. The Hall–Kier alpha value is -5.79. The fourth-order valence-electron chi connectivity index (χ4n) is 4.05. The highest BCUT2D eigenvalue weighted by molar-refractivity contribution is 5.95. The number of carboxylic acids is 1. The maximum absolute atomic E-state index is 13.6. The van der Waals surface area contributed by atoms with Crippen LogP contribution < -0.4 is 43.5 Å². The molecule has 1 aliphatic heterocycles. The van der Waals surface area contributed by atoms with E-state index < -0.39 is 92.2 Å². The second-order valence-electron chi connectivity index (χ2n) is 11.1. The Morgan fingerprint density at radius 1 is 0.868 bits per heavy atom. The van der Waals surface area contributed by atoms with Crippen LogP contribution in [0.5, 0.6) is 0 Å². The summed E-state index contributed by atoms with van der Waals surface area (Å²) in [4.78, 5) is 106. The van der Waals surface area contributed by atoms with Crippen LogP contribution in [0.2, 0.25) is 0 Å². The van der Waals surface area contributed by atoms with Crippen LogP contribution in [0.4, 0.5) is 0 Å². The number of rotatable bonds is 5. The molecule has 1 heterocycles. The number of hydroxylamine groups is 1. The normalized spacial score (nSPS) is 18.0. The SMILES string of the molecule is CC.CC(=O)O.CC(C)C1C(=O)NCC(=O)NOCC(=O)NCC(=O)NCC(=O)NCC(=O)NC(Cc2ccccc2)C(=O)N1C.CCCN=C(N)N. The lowest BCUT2D eigenvalue weighted by Crippen LogP contribution is -2.58. The second-order valence-corrected chi connectivity index (χ2v) is 11.1. The van der Waals surface area contributed by atoms with E-state index in [2.05, 4.69) is 31.6 Å². The first-order chi connectivity index (χ1) is 25.0. The summed E-state index contributed by atoms with van der Waals surface area (Å²) in [5.74, 6) is -5.73. The number of carboxylic acid groups (broad SMARTS) is 1. The molecule has 20 nitrogen and oxygen atoms in total. The molecule has 11 N–H and O–H groups in total. The number of hydrogen-bond donors (Lipinski definition) is 9. The van der Waals surface area contributed by atoms with Crippen molar-refractivity contribution in [2.24, 2.45) is 22.4 Å². The van der Waals surface area contributed by atoms with E-state index >= 15 is 0 Å². The molecule has 2 unspecified atom stereocenters. The third-order valence-electron chi connectivity index (χ3n) is 6.25. The van der Waals surface area contributed by atoms with E-state index in [0.717, 1.165) is 25.5 Å². The first-order valence-electron chi connectivity index (χ1n) is 16.8. The fraction of sp³-hybridized carbons (Fsp3) is 0.545. The summed E-state index contributed by atoms with van der Waals surface area (Å²) in [6, 6.07) is 6.84. The largest absolute Gasteiger partial charge is 0.481 e. The summed E-state index contributed by atoms with van der Waals surface area (Å²) in [7, 11) is 1.42. The molecule has 2 atom stereocenters. The Labute approximate surface area is 309 Å². The molecular formula is C33H56N10O10. The van der Waals surface area contributed by atoms with Gasteiger partial charge in [-0.15, -0.1) is 0 Å². The highest BCUT2D eigenvalue weighted by Gasteiger charge is 2.34. The van der Waals surface area contributed by atoms with Crippen LogP contribution in [0.25, 0.3) is 0 Å². The predicted octanol–water partition coefficient (Wildman–Crippen LogP) is -2.49. The number of likely N-dealkylation sites (N-methyl/N-ethyl adjacent to an activating group) is 1. The minimum atomic E-state index is -1.08. The van der Waals surface area contributed by atoms with Gasteiger partial charge in [0.1, 0.15) is 12.1 Å². The zero-order valence-electron chi connectivity index (χ0n) is 31.4. The van der Waals surface area contributed by atoms with Crippen molar-refractivity contribution >= 4 is 53.3 Å². The van der Waals surface area contributed by atoms with Gasteiger partial charge in [-0.1, -0.05) is 65.0 Å². The first kappa shape index (κ1) is 49.3. The van der Waals surface area contributed by atoms with Crippen molar-refractivity contribution in [3.8, 4) is 0 Å². The van der Waals surface area contributed by atoms with E-state index in [1.807, 2.05) is 26.3 Å². The van der Waals surface area contributed by atoms with E-state index in [1.54, 1.807) is 44.2 Å². The molecule has 0 saturated carbocycles. The Bertz CT molecular complexity index is 1350. The maximum atomic E-state index is 13.6. The molecule has 7 amide bonds. The number of aliphatic carboxylic acids is 1. The third-order valence-corrected chi connectivity index (χ3v) is 6.25. The van der Waals surface area contributed by atoms with E-state index in [4.69, 9.17) is 26.2 Å². The molecule has 0 bridgehead atoms. The number of nitrogens with one attached hydrogen (secondary N) is 6. The van der Waals surface area contributed by atoms with Crippen molar-refractivity contribution in [1.29, 1.82) is 0 Å². The lowest BCUT2D eigenvalue weighted by molar-refractivity contribution is -0.144. The molecule has 20 heteroatoms. The summed E-state index contributed by atoms with van der Waals surface area (Å²) in [6.45, 7) is 8.76. The standard InChI is InChI=1S/C25H35N7O8.C4H11N3.C2H4O2.C2H6/c1-15(2)23-24(38)29-13-21(36)31-40-14-22(37)28-11-19(34)26-10-18(33)27-12-20(35)30-17(25(39)32(23)3)9-16-7-5-4-6-8-16;1-2-3-7-4(5)6;1-2(3)4;1-2/h4-8,15,17,23H,9-14H2,1-3H3,(H,26,34)(H,27,33)(H,28,37)(H,29,38)(H,30,35)(H,31,36);2-3H2,1H3,(H4,5,6,7);1H3,(H,3,4);1-2H3. The van der Waals surface area contributed by atoms with Gasteiger partial charge in [-0.25, -0.2) is 5.48 Å². The van der Waals surface area contributed by atoms with Gasteiger partial charge in [0.2, 0.25) is 35.4 Å². The third kappa shape index (κ3) is 24.9. The molecule has 0 aliphatic carbocycles. The number of carbonyl (C=O) groups excluding carboxylic acids is 7. The van der Waals surface area contributed by atoms with Crippen LogP contribution in [0.3, 0.4) is 0 Å². The average molecular weight is 753 g/mol. The molecule has 298 valence electrons. The summed E-state index contributed by atoms with van der Waals surface area (Å²) in [5, 5.41) is 19.3. The fourth-order valence-corrected chi connectivity index (χ4v) is 4.05. The van der Waals surface area contributed by atoms with E-state index in [0.29, 0.717) is 0 Å². The molecule has 2 rings (SSSR count). The molecule has 0 aromatic heterocycles. The Morgan fingerprint density at radius 3 is 1.83 bits per heavy atom. The van der Waals surface area contributed by atoms with Crippen molar-refractivity contribution in [3.63, 3.8) is 0 Å². The number of guanidine groups is 1. The number of aliphatic imine (C=N–C) groups is 1. The van der Waals surface area contributed by atoms with Crippen LogP contribution in [0.15, 0.2) is 35.3 Å². The molecule has 1 aromatic carbocycles. The molecule has 1 fully saturated rings.